The number of aryl methyl sites for hydroxylation is 1. The quantitative estimate of drug-likeness (QED) is 0.437. The molecule has 0 fully saturated rings. The first-order valence-corrected chi connectivity index (χ1v) is 14.9. The number of sulfonamides is 1. The Balaban J connectivity index is 1.75. The molecule has 1 aliphatic heterocycles. The standard InChI is InChI=1S/C28H39N3O6S/c1-6-21(3)29-28(33)22(4)30(19-23-11-8-7-10-20(23)2)27(32)12-9-15-31(38(5,34)35)24-13-14-25-26(18-24)37-17-16-36-25/h7-8,10-11,13-14,18,21-22H,6,9,12,15-17,19H2,1-5H3,(H,29,33)/t21-,22+/m0/s1. The number of ether oxygens (including phenoxy) is 2. The van der Waals surface area contributed by atoms with Crippen molar-refractivity contribution >= 4 is 27.5 Å². The van der Waals surface area contributed by atoms with E-state index in [0.717, 1.165) is 23.8 Å². The molecule has 0 bridgehead atoms. The fraction of sp³-hybridized carbons (Fsp3) is 0.500. The summed E-state index contributed by atoms with van der Waals surface area (Å²) in [5.74, 6) is 0.634. The van der Waals surface area contributed by atoms with Gasteiger partial charge in [-0.25, -0.2) is 8.42 Å². The van der Waals surface area contributed by atoms with Crippen LogP contribution < -0.4 is 19.1 Å². The molecule has 1 aliphatic rings. The highest BCUT2D eigenvalue weighted by Crippen LogP contribution is 2.34. The number of hydrogen-bond donors (Lipinski definition) is 1. The largest absolute Gasteiger partial charge is 0.486 e. The van der Waals surface area contributed by atoms with E-state index in [1.54, 1.807) is 30.0 Å². The van der Waals surface area contributed by atoms with Gasteiger partial charge >= 0.3 is 0 Å². The van der Waals surface area contributed by atoms with Crippen LogP contribution in [-0.4, -0.2) is 63.2 Å². The highest BCUT2D eigenvalue weighted by Gasteiger charge is 2.28. The minimum atomic E-state index is -3.62. The van der Waals surface area contributed by atoms with Crippen LogP contribution in [0.25, 0.3) is 0 Å². The number of hydrogen-bond acceptors (Lipinski definition) is 6. The van der Waals surface area contributed by atoms with Crippen LogP contribution >= 0.6 is 0 Å². The first-order chi connectivity index (χ1) is 18.0. The van der Waals surface area contributed by atoms with Crippen molar-refractivity contribution in [1.82, 2.24) is 10.2 Å². The van der Waals surface area contributed by atoms with Gasteiger partial charge in [0.15, 0.2) is 11.5 Å². The molecule has 2 aromatic rings. The number of fused-ring (bicyclic) bond motifs is 1. The van der Waals surface area contributed by atoms with Crippen LogP contribution in [0.2, 0.25) is 0 Å². The van der Waals surface area contributed by atoms with Gasteiger partial charge in [-0.15, -0.1) is 0 Å². The highest BCUT2D eigenvalue weighted by atomic mass is 32.2. The van der Waals surface area contributed by atoms with Crippen LogP contribution in [0.5, 0.6) is 11.5 Å². The van der Waals surface area contributed by atoms with Gasteiger partial charge in [-0.1, -0.05) is 31.2 Å². The summed E-state index contributed by atoms with van der Waals surface area (Å²) < 4.78 is 37.7. The Morgan fingerprint density at radius 3 is 2.39 bits per heavy atom. The number of anilines is 1. The van der Waals surface area contributed by atoms with Gasteiger partial charge in [0.2, 0.25) is 21.8 Å². The minimum Gasteiger partial charge on any atom is -0.486 e. The van der Waals surface area contributed by atoms with Crippen LogP contribution in [-0.2, 0) is 26.2 Å². The third kappa shape index (κ3) is 7.63. The number of rotatable bonds is 12. The van der Waals surface area contributed by atoms with E-state index in [0.29, 0.717) is 36.9 Å². The Labute approximate surface area is 226 Å². The molecule has 2 atom stereocenters. The first-order valence-electron chi connectivity index (χ1n) is 13.0. The van der Waals surface area contributed by atoms with E-state index < -0.39 is 16.1 Å². The predicted molar refractivity (Wildman–Crippen MR) is 148 cm³/mol. The molecule has 1 heterocycles. The van der Waals surface area contributed by atoms with Crippen molar-refractivity contribution in [2.75, 3.05) is 30.3 Å². The van der Waals surface area contributed by atoms with Crippen molar-refractivity contribution in [3.63, 3.8) is 0 Å². The molecule has 0 saturated heterocycles. The smallest absolute Gasteiger partial charge is 0.242 e. The molecule has 1 N–H and O–H groups in total. The third-order valence-corrected chi connectivity index (χ3v) is 7.93. The number of carbonyl (C=O) groups excluding carboxylic acids is 2. The Hall–Kier alpha value is -3.27. The lowest BCUT2D eigenvalue weighted by Crippen LogP contribution is -2.49. The van der Waals surface area contributed by atoms with Crippen molar-refractivity contribution in [2.24, 2.45) is 0 Å². The van der Waals surface area contributed by atoms with E-state index in [1.807, 2.05) is 45.0 Å². The molecular formula is C28H39N3O6S. The van der Waals surface area contributed by atoms with Gasteiger partial charge in [0.25, 0.3) is 0 Å². The fourth-order valence-electron chi connectivity index (χ4n) is 4.21. The summed E-state index contributed by atoms with van der Waals surface area (Å²) in [4.78, 5) is 28.0. The molecule has 3 rings (SSSR count). The zero-order valence-electron chi connectivity index (χ0n) is 22.9. The average molecular weight is 546 g/mol. The van der Waals surface area contributed by atoms with Crippen molar-refractivity contribution in [3.8, 4) is 11.5 Å². The van der Waals surface area contributed by atoms with Gasteiger partial charge in [0.05, 0.1) is 11.9 Å². The zero-order valence-corrected chi connectivity index (χ0v) is 23.7. The summed E-state index contributed by atoms with van der Waals surface area (Å²) in [6, 6.07) is 12.1. The normalized spacial score (nSPS) is 14.3. The zero-order chi connectivity index (χ0) is 27.9. The fourth-order valence-corrected chi connectivity index (χ4v) is 5.17. The van der Waals surface area contributed by atoms with Gasteiger partial charge in [-0.3, -0.25) is 13.9 Å². The molecule has 0 saturated carbocycles. The van der Waals surface area contributed by atoms with E-state index in [9.17, 15) is 18.0 Å². The SMILES string of the molecule is CC[C@H](C)NC(=O)[C@@H](C)N(Cc1ccccc1C)C(=O)CCCN(c1ccc2c(c1)OCCO2)S(C)(=O)=O. The van der Waals surface area contributed by atoms with Gasteiger partial charge in [-0.05, 0) is 56.9 Å². The Bertz CT molecular complexity index is 1230. The number of nitrogens with one attached hydrogen (secondary N) is 1. The number of amides is 2. The summed E-state index contributed by atoms with van der Waals surface area (Å²) in [5, 5.41) is 2.96. The Morgan fingerprint density at radius 2 is 1.74 bits per heavy atom. The molecule has 0 radical (unpaired) electrons. The van der Waals surface area contributed by atoms with Crippen LogP contribution in [0, 0.1) is 6.92 Å². The van der Waals surface area contributed by atoms with Gasteiger partial charge in [0, 0.05) is 31.6 Å². The Kier molecular flexibility index (Phi) is 10.0. The number of carbonyl (C=O) groups is 2. The summed E-state index contributed by atoms with van der Waals surface area (Å²) in [6.45, 7) is 8.84. The second kappa shape index (κ2) is 13.0. The monoisotopic (exact) mass is 545 g/mol. The molecule has 2 amide bonds. The molecule has 0 aromatic heterocycles. The van der Waals surface area contributed by atoms with Crippen LogP contribution in [0.15, 0.2) is 42.5 Å². The average Bonchev–Trinajstić information content (AvgIpc) is 2.89. The lowest BCUT2D eigenvalue weighted by atomic mass is 10.1. The van der Waals surface area contributed by atoms with E-state index in [-0.39, 0.29) is 37.2 Å². The first kappa shape index (κ1) is 29.3. The van der Waals surface area contributed by atoms with Crippen LogP contribution in [0.4, 0.5) is 5.69 Å². The second-order valence-corrected chi connectivity index (χ2v) is 11.6. The summed E-state index contributed by atoms with van der Waals surface area (Å²) in [6.07, 6.45) is 2.29. The molecule has 208 valence electrons. The summed E-state index contributed by atoms with van der Waals surface area (Å²) >= 11 is 0. The molecule has 38 heavy (non-hydrogen) atoms. The van der Waals surface area contributed by atoms with Crippen molar-refractivity contribution in [2.45, 2.75) is 65.6 Å². The van der Waals surface area contributed by atoms with E-state index in [4.69, 9.17) is 9.47 Å². The molecule has 9 nitrogen and oxygen atoms in total. The minimum absolute atomic E-state index is 0.00493. The second-order valence-electron chi connectivity index (χ2n) is 9.71. The van der Waals surface area contributed by atoms with E-state index in [2.05, 4.69) is 5.32 Å². The van der Waals surface area contributed by atoms with E-state index >= 15 is 0 Å². The maximum Gasteiger partial charge on any atom is 0.242 e. The highest BCUT2D eigenvalue weighted by molar-refractivity contribution is 7.92. The maximum atomic E-state index is 13.5. The third-order valence-electron chi connectivity index (χ3n) is 6.74. The summed E-state index contributed by atoms with van der Waals surface area (Å²) in [7, 11) is -3.62. The Morgan fingerprint density at radius 1 is 1.05 bits per heavy atom. The predicted octanol–water partition coefficient (Wildman–Crippen LogP) is 3.64. The molecule has 10 heteroatoms. The van der Waals surface area contributed by atoms with Crippen LogP contribution in [0.1, 0.15) is 51.2 Å². The topological polar surface area (TPSA) is 105 Å². The molecular weight excluding hydrogens is 506 g/mol. The lowest BCUT2D eigenvalue weighted by Gasteiger charge is -2.30. The van der Waals surface area contributed by atoms with Crippen molar-refractivity contribution in [1.29, 1.82) is 0 Å². The van der Waals surface area contributed by atoms with Crippen molar-refractivity contribution in [3.05, 3.63) is 53.6 Å². The number of nitrogens with zero attached hydrogens (tertiary/aromatic N) is 2. The molecule has 0 aliphatic carbocycles. The molecule has 0 unspecified atom stereocenters. The summed E-state index contributed by atoms with van der Waals surface area (Å²) in [5.41, 5.74) is 2.43. The van der Waals surface area contributed by atoms with Gasteiger partial charge in [0.1, 0.15) is 19.3 Å². The molecule has 0 spiro atoms. The number of benzene rings is 2. The van der Waals surface area contributed by atoms with Gasteiger partial charge in [-0.2, -0.15) is 0 Å². The van der Waals surface area contributed by atoms with E-state index in [1.165, 1.54) is 4.31 Å². The van der Waals surface area contributed by atoms with Crippen LogP contribution in [0.3, 0.4) is 0 Å². The maximum absolute atomic E-state index is 13.5. The van der Waals surface area contributed by atoms with Crippen molar-refractivity contribution < 1.29 is 27.5 Å². The lowest BCUT2D eigenvalue weighted by molar-refractivity contribution is -0.140. The molecule has 2 aromatic carbocycles. The van der Waals surface area contributed by atoms with Gasteiger partial charge < -0.3 is 19.7 Å².